The van der Waals surface area contributed by atoms with Crippen molar-refractivity contribution in [3.05, 3.63) is 52.5 Å². The van der Waals surface area contributed by atoms with E-state index in [1.807, 2.05) is 4.90 Å². The van der Waals surface area contributed by atoms with Crippen LogP contribution in [-0.4, -0.2) is 36.6 Å². The molecule has 2 aromatic carbocycles. The summed E-state index contributed by atoms with van der Waals surface area (Å²) in [4.78, 5) is 14.4. The highest BCUT2D eigenvalue weighted by molar-refractivity contribution is 9.10. The highest BCUT2D eigenvalue weighted by atomic mass is 79.9. The Hall–Kier alpha value is -2.26. The molecular weight excluding hydrogens is 429 g/mol. The lowest BCUT2D eigenvalue weighted by molar-refractivity contribution is -0.274. The average Bonchev–Trinajstić information content (AvgIpc) is 3.01. The van der Waals surface area contributed by atoms with Crippen molar-refractivity contribution in [1.82, 2.24) is 0 Å². The molecule has 144 valence electrons. The van der Waals surface area contributed by atoms with E-state index >= 15 is 0 Å². The summed E-state index contributed by atoms with van der Waals surface area (Å²) >= 11 is 3.44. The number of rotatable bonds is 4. The molecule has 0 aliphatic carbocycles. The second kappa shape index (κ2) is 7.77. The Kier molecular flexibility index (Phi) is 5.61. The van der Waals surface area contributed by atoms with Gasteiger partial charge in [-0.25, -0.2) is 0 Å². The van der Waals surface area contributed by atoms with Gasteiger partial charge in [-0.15, -0.1) is 13.2 Å². The Morgan fingerprint density at radius 1 is 1.22 bits per heavy atom. The highest BCUT2D eigenvalue weighted by Crippen LogP contribution is 2.30. The summed E-state index contributed by atoms with van der Waals surface area (Å²) < 4.78 is 41.0. The Labute approximate surface area is 161 Å². The fourth-order valence-corrected chi connectivity index (χ4v) is 3.44. The fourth-order valence-electron chi connectivity index (χ4n) is 2.81. The maximum absolute atomic E-state index is 12.4. The van der Waals surface area contributed by atoms with Crippen LogP contribution in [0, 0.1) is 0 Å². The number of carbonyl (C=O) groups is 1. The minimum absolute atomic E-state index is 0.345. The molecule has 1 unspecified atom stereocenters. The van der Waals surface area contributed by atoms with Gasteiger partial charge in [-0.05, 0) is 64.8 Å². The summed E-state index contributed by atoms with van der Waals surface area (Å²) in [5.41, 5.74) is 1.62. The highest BCUT2D eigenvalue weighted by Gasteiger charge is 2.31. The second-order valence-corrected chi connectivity index (χ2v) is 6.94. The molecule has 2 aromatic rings. The number of β-amino-alcohol motifs (C(OH)–C–C–N with tert-alkyl or cyclic N) is 1. The minimum Gasteiger partial charge on any atom is -0.406 e. The van der Waals surface area contributed by atoms with E-state index in [9.17, 15) is 23.1 Å². The summed E-state index contributed by atoms with van der Waals surface area (Å²) in [7, 11) is 0. The molecule has 1 amide bonds. The first kappa shape index (κ1) is 19.5. The molecule has 1 aliphatic heterocycles. The molecule has 1 heterocycles. The van der Waals surface area contributed by atoms with Crippen LogP contribution in [0.5, 0.6) is 5.75 Å². The SMILES string of the molecule is O=C(Nc1ccc(OC(F)(F)F)cc1)c1ccc(N2CCC(O)C2)c(Br)c1. The molecule has 5 nitrogen and oxygen atoms in total. The normalized spacial score (nSPS) is 17.1. The first-order chi connectivity index (χ1) is 12.7. The Morgan fingerprint density at radius 2 is 1.93 bits per heavy atom. The quantitative estimate of drug-likeness (QED) is 0.742. The molecule has 9 heteroatoms. The number of anilines is 2. The molecule has 0 spiro atoms. The van der Waals surface area contributed by atoms with Crippen LogP contribution in [0.25, 0.3) is 0 Å². The molecule has 0 aromatic heterocycles. The van der Waals surface area contributed by atoms with Crippen molar-refractivity contribution in [2.75, 3.05) is 23.3 Å². The molecule has 1 fully saturated rings. The van der Waals surface area contributed by atoms with Gasteiger partial charge in [0.25, 0.3) is 5.91 Å². The first-order valence-corrected chi connectivity index (χ1v) is 8.90. The predicted molar refractivity (Wildman–Crippen MR) is 98.1 cm³/mol. The van der Waals surface area contributed by atoms with E-state index < -0.39 is 12.3 Å². The lowest BCUT2D eigenvalue weighted by atomic mass is 10.1. The monoisotopic (exact) mass is 444 g/mol. The van der Waals surface area contributed by atoms with E-state index in [2.05, 4.69) is 26.0 Å². The third-order valence-corrected chi connectivity index (χ3v) is 4.69. The number of alkyl halides is 3. The van der Waals surface area contributed by atoms with Gasteiger partial charge in [-0.2, -0.15) is 0 Å². The van der Waals surface area contributed by atoms with E-state index in [1.54, 1.807) is 18.2 Å². The van der Waals surface area contributed by atoms with E-state index in [0.29, 0.717) is 24.2 Å². The molecule has 27 heavy (non-hydrogen) atoms. The molecule has 1 aliphatic rings. The lowest BCUT2D eigenvalue weighted by Crippen LogP contribution is -2.21. The number of aliphatic hydroxyl groups excluding tert-OH is 1. The zero-order valence-corrected chi connectivity index (χ0v) is 15.5. The van der Waals surface area contributed by atoms with Crippen molar-refractivity contribution in [3.63, 3.8) is 0 Å². The van der Waals surface area contributed by atoms with Gasteiger partial charge in [0.05, 0.1) is 11.8 Å². The standard InChI is InChI=1S/C18H16BrF3N2O3/c19-15-9-11(1-6-16(15)24-8-7-13(25)10-24)17(26)23-12-2-4-14(5-3-12)27-18(20,21)22/h1-6,9,13,25H,7-8,10H2,(H,23,26). The zero-order chi connectivity index (χ0) is 19.6. The number of amides is 1. The Morgan fingerprint density at radius 3 is 2.48 bits per heavy atom. The number of hydrogen-bond acceptors (Lipinski definition) is 4. The maximum atomic E-state index is 12.4. The van der Waals surface area contributed by atoms with Crippen LogP contribution in [0.3, 0.4) is 0 Å². The summed E-state index contributed by atoms with van der Waals surface area (Å²) in [6.45, 7) is 1.27. The first-order valence-electron chi connectivity index (χ1n) is 8.11. The number of nitrogens with zero attached hydrogens (tertiary/aromatic N) is 1. The van der Waals surface area contributed by atoms with Crippen LogP contribution < -0.4 is 15.0 Å². The number of carbonyl (C=O) groups excluding carboxylic acids is 1. The molecule has 1 atom stereocenters. The predicted octanol–water partition coefficient (Wildman–Crippen LogP) is 4.17. The number of halogens is 4. The minimum atomic E-state index is -4.76. The number of aliphatic hydroxyl groups is 1. The summed E-state index contributed by atoms with van der Waals surface area (Å²) in [6.07, 6.45) is -4.42. The van der Waals surface area contributed by atoms with Crippen molar-refractivity contribution in [1.29, 1.82) is 0 Å². The van der Waals surface area contributed by atoms with E-state index in [4.69, 9.17) is 0 Å². The molecule has 2 N–H and O–H groups in total. The summed E-state index contributed by atoms with van der Waals surface area (Å²) in [6, 6.07) is 10.0. The van der Waals surface area contributed by atoms with Crippen LogP contribution >= 0.6 is 15.9 Å². The smallest absolute Gasteiger partial charge is 0.406 e. The average molecular weight is 445 g/mol. The van der Waals surface area contributed by atoms with Crippen LogP contribution in [-0.2, 0) is 0 Å². The Balaban J connectivity index is 1.66. The molecule has 1 saturated heterocycles. The van der Waals surface area contributed by atoms with Crippen LogP contribution in [0.4, 0.5) is 24.5 Å². The zero-order valence-electron chi connectivity index (χ0n) is 14.0. The van der Waals surface area contributed by atoms with Crippen molar-refractivity contribution in [3.8, 4) is 5.75 Å². The lowest BCUT2D eigenvalue weighted by Gasteiger charge is -2.20. The largest absolute Gasteiger partial charge is 0.573 e. The van der Waals surface area contributed by atoms with Crippen LogP contribution in [0.1, 0.15) is 16.8 Å². The van der Waals surface area contributed by atoms with Gasteiger partial charge in [0.2, 0.25) is 0 Å². The molecule has 3 rings (SSSR count). The van der Waals surface area contributed by atoms with E-state index in [-0.39, 0.29) is 11.9 Å². The van der Waals surface area contributed by atoms with Gasteiger partial charge in [-0.1, -0.05) is 0 Å². The number of nitrogens with one attached hydrogen (secondary N) is 1. The number of hydrogen-bond donors (Lipinski definition) is 2. The summed E-state index contributed by atoms with van der Waals surface area (Å²) in [5, 5.41) is 12.3. The maximum Gasteiger partial charge on any atom is 0.573 e. The van der Waals surface area contributed by atoms with Crippen LogP contribution in [0.2, 0.25) is 0 Å². The van der Waals surface area contributed by atoms with Gasteiger partial charge in [0, 0.05) is 28.8 Å². The van der Waals surface area contributed by atoms with Crippen LogP contribution in [0.15, 0.2) is 46.9 Å². The molecule has 0 bridgehead atoms. The molecule has 0 saturated carbocycles. The van der Waals surface area contributed by atoms with Gasteiger partial charge >= 0.3 is 6.36 Å². The van der Waals surface area contributed by atoms with Crippen molar-refractivity contribution < 1.29 is 27.8 Å². The van der Waals surface area contributed by atoms with Gasteiger partial charge in [-0.3, -0.25) is 4.79 Å². The topological polar surface area (TPSA) is 61.8 Å². The molecule has 0 radical (unpaired) electrons. The number of benzene rings is 2. The Bertz CT molecular complexity index is 828. The molecular formula is C18H16BrF3N2O3. The summed E-state index contributed by atoms with van der Waals surface area (Å²) in [5.74, 6) is -0.756. The van der Waals surface area contributed by atoms with Crippen molar-refractivity contribution in [2.45, 2.75) is 18.9 Å². The van der Waals surface area contributed by atoms with E-state index in [0.717, 1.165) is 28.8 Å². The fraction of sp³-hybridized carbons (Fsp3) is 0.278. The van der Waals surface area contributed by atoms with Crippen molar-refractivity contribution in [2.24, 2.45) is 0 Å². The number of ether oxygens (including phenoxy) is 1. The van der Waals surface area contributed by atoms with Crippen molar-refractivity contribution >= 4 is 33.2 Å². The van der Waals surface area contributed by atoms with Gasteiger partial charge < -0.3 is 20.1 Å². The second-order valence-electron chi connectivity index (χ2n) is 6.08. The van der Waals surface area contributed by atoms with E-state index in [1.165, 1.54) is 12.1 Å². The third kappa shape index (κ3) is 5.14. The third-order valence-electron chi connectivity index (χ3n) is 4.06. The van der Waals surface area contributed by atoms with Gasteiger partial charge in [0.1, 0.15) is 5.75 Å². The van der Waals surface area contributed by atoms with Gasteiger partial charge in [0.15, 0.2) is 0 Å².